The van der Waals surface area contributed by atoms with Gasteiger partial charge in [0.25, 0.3) is 0 Å². The molecule has 0 fully saturated rings. The summed E-state index contributed by atoms with van der Waals surface area (Å²) in [6.45, 7) is 2.76. The van der Waals surface area contributed by atoms with Crippen LogP contribution in [-0.4, -0.2) is 44.4 Å². The lowest BCUT2D eigenvalue weighted by Gasteiger charge is -2.10. The van der Waals surface area contributed by atoms with Gasteiger partial charge in [0.2, 0.25) is 22.9 Å². The Morgan fingerprint density at radius 1 is 1.20 bits per heavy atom. The molecule has 108 valence electrons. The van der Waals surface area contributed by atoms with Crippen LogP contribution in [0.3, 0.4) is 0 Å². The maximum atomic E-state index is 5.59. The Labute approximate surface area is 119 Å². The number of nitrogen functional groups attached to an aromatic ring is 1. The van der Waals surface area contributed by atoms with Gasteiger partial charge in [0.1, 0.15) is 4.90 Å². The first-order valence-corrected chi connectivity index (χ1v) is 6.70. The van der Waals surface area contributed by atoms with Crippen molar-refractivity contribution < 1.29 is 9.47 Å². The maximum absolute atomic E-state index is 5.59. The molecule has 2 aromatic heterocycles. The number of aromatic nitrogens is 6. The highest BCUT2D eigenvalue weighted by Gasteiger charge is 2.19. The third-order valence-corrected chi connectivity index (χ3v) is 3.36. The van der Waals surface area contributed by atoms with Gasteiger partial charge in [0.15, 0.2) is 0 Å². The molecule has 0 radical (unpaired) electrons. The van der Waals surface area contributed by atoms with Crippen LogP contribution in [0.15, 0.2) is 10.1 Å². The Morgan fingerprint density at radius 3 is 2.40 bits per heavy atom. The number of hydrogen-bond acceptors (Lipinski definition) is 9. The van der Waals surface area contributed by atoms with Crippen molar-refractivity contribution >= 4 is 17.7 Å². The first-order valence-electron chi connectivity index (χ1n) is 5.89. The van der Waals surface area contributed by atoms with Crippen molar-refractivity contribution in [2.45, 2.75) is 29.9 Å². The lowest BCUT2D eigenvalue weighted by molar-refractivity contribution is 0.354. The van der Waals surface area contributed by atoms with Crippen LogP contribution in [0.2, 0.25) is 0 Å². The fourth-order valence-electron chi connectivity index (χ4n) is 1.50. The zero-order valence-electron chi connectivity index (χ0n) is 11.4. The van der Waals surface area contributed by atoms with Gasteiger partial charge >= 0.3 is 0 Å². The summed E-state index contributed by atoms with van der Waals surface area (Å²) in [5.74, 6) is 0.729. The zero-order valence-corrected chi connectivity index (χ0v) is 12.2. The van der Waals surface area contributed by atoms with Crippen molar-refractivity contribution in [2.75, 3.05) is 20.0 Å². The van der Waals surface area contributed by atoms with E-state index in [1.54, 1.807) is 4.68 Å². The van der Waals surface area contributed by atoms with Crippen LogP contribution < -0.4 is 15.2 Å². The fraction of sp³-hybridized carbons (Fsp3) is 0.500. The third kappa shape index (κ3) is 2.90. The van der Waals surface area contributed by atoms with E-state index in [2.05, 4.69) is 25.5 Å². The minimum absolute atomic E-state index is 0.0798. The number of ether oxygens (including phenoxy) is 2. The van der Waals surface area contributed by atoms with Gasteiger partial charge in [-0.05, 0) is 28.6 Å². The summed E-state index contributed by atoms with van der Waals surface area (Å²) in [6, 6.07) is 0. The highest BCUT2D eigenvalue weighted by molar-refractivity contribution is 7.99. The van der Waals surface area contributed by atoms with E-state index in [-0.39, 0.29) is 5.95 Å². The second-order valence-corrected chi connectivity index (χ2v) is 4.69. The molecule has 0 saturated carbocycles. The highest BCUT2D eigenvalue weighted by Crippen LogP contribution is 2.38. The van der Waals surface area contributed by atoms with Crippen molar-refractivity contribution in [2.24, 2.45) is 0 Å². The molecular formula is C10H15N7O2S. The van der Waals surface area contributed by atoms with Gasteiger partial charge in [-0.25, -0.2) is 4.68 Å². The SMILES string of the molecule is CCCn1nnnc1Sc1c(OC)nc(N)nc1OC. The van der Waals surface area contributed by atoms with Crippen molar-refractivity contribution in [3.05, 3.63) is 0 Å². The predicted octanol–water partition coefficient (Wildman–Crippen LogP) is 0.624. The number of tetrazole rings is 1. The van der Waals surface area contributed by atoms with Gasteiger partial charge < -0.3 is 15.2 Å². The molecule has 2 rings (SSSR count). The summed E-state index contributed by atoms with van der Waals surface area (Å²) in [7, 11) is 3.00. The first kappa shape index (κ1) is 14.3. The summed E-state index contributed by atoms with van der Waals surface area (Å²) in [5, 5.41) is 12.2. The van der Waals surface area contributed by atoms with E-state index in [1.165, 1.54) is 26.0 Å². The number of nitrogens with two attached hydrogens (primary N) is 1. The summed E-state index contributed by atoms with van der Waals surface area (Å²) in [6.07, 6.45) is 0.922. The molecule has 0 aliphatic carbocycles. The average molecular weight is 297 g/mol. The van der Waals surface area contributed by atoms with Gasteiger partial charge in [-0.1, -0.05) is 6.92 Å². The number of aryl methyl sites for hydroxylation is 1. The van der Waals surface area contributed by atoms with E-state index in [1.807, 2.05) is 6.92 Å². The first-order chi connectivity index (χ1) is 9.69. The van der Waals surface area contributed by atoms with Crippen LogP contribution in [0.4, 0.5) is 5.95 Å². The minimum Gasteiger partial charge on any atom is -0.480 e. The van der Waals surface area contributed by atoms with E-state index >= 15 is 0 Å². The van der Waals surface area contributed by atoms with Crippen LogP contribution in [-0.2, 0) is 6.54 Å². The third-order valence-electron chi connectivity index (χ3n) is 2.34. The molecule has 0 atom stereocenters. The van der Waals surface area contributed by atoms with Crippen LogP contribution in [0.25, 0.3) is 0 Å². The van der Waals surface area contributed by atoms with Crippen molar-refractivity contribution in [1.29, 1.82) is 0 Å². The van der Waals surface area contributed by atoms with Crippen LogP contribution >= 0.6 is 11.8 Å². The lowest BCUT2D eigenvalue weighted by Crippen LogP contribution is -2.04. The standard InChI is InChI=1S/C10H15N7O2S/c1-4-5-17-10(14-15-16-17)20-6-7(18-2)12-9(11)13-8(6)19-3/h4-5H2,1-3H3,(H2,11,12,13). The average Bonchev–Trinajstić information content (AvgIpc) is 2.88. The largest absolute Gasteiger partial charge is 0.480 e. The molecule has 0 saturated heterocycles. The van der Waals surface area contributed by atoms with Gasteiger partial charge in [-0.3, -0.25) is 0 Å². The van der Waals surface area contributed by atoms with Crippen molar-refractivity contribution in [3.63, 3.8) is 0 Å². The van der Waals surface area contributed by atoms with Gasteiger partial charge in [-0.2, -0.15) is 9.97 Å². The molecule has 0 aliphatic rings. The zero-order chi connectivity index (χ0) is 14.5. The molecule has 2 N–H and O–H groups in total. The molecule has 0 amide bonds. The molecule has 0 aliphatic heterocycles. The molecule has 2 heterocycles. The van der Waals surface area contributed by atoms with E-state index in [0.717, 1.165) is 13.0 Å². The number of hydrogen-bond donors (Lipinski definition) is 1. The van der Waals surface area contributed by atoms with E-state index in [9.17, 15) is 0 Å². The second kappa shape index (κ2) is 6.37. The molecule has 9 nitrogen and oxygen atoms in total. The van der Waals surface area contributed by atoms with E-state index in [4.69, 9.17) is 15.2 Å². The molecule has 0 spiro atoms. The van der Waals surface area contributed by atoms with E-state index < -0.39 is 0 Å². The van der Waals surface area contributed by atoms with Gasteiger partial charge in [0, 0.05) is 6.54 Å². The Bertz CT molecular complexity index is 564. The van der Waals surface area contributed by atoms with Crippen LogP contribution in [0.5, 0.6) is 11.8 Å². The molecule has 0 aromatic carbocycles. The Balaban J connectivity index is 2.39. The number of methoxy groups -OCH3 is 2. The van der Waals surface area contributed by atoms with Crippen LogP contribution in [0.1, 0.15) is 13.3 Å². The molecule has 0 bridgehead atoms. The second-order valence-electron chi connectivity index (χ2n) is 3.72. The van der Waals surface area contributed by atoms with Gasteiger partial charge in [0.05, 0.1) is 14.2 Å². The summed E-state index contributed by atoms with van der Waals surface area (Å²) in [4.78, 5) is 8.62. The number of rotatable bonds is 6. The summed E-state index contributed by atoms with van der Waals surface area (Å²) >= 11 is 1.27. The number of nitrogens with zero attached hydrogens (tertiary/aromatic N) is 6. The maximum Gasteiger partial charge on any atom is 0.236 e. The molecule has 10 heteroatoms. The number of anilines is 1. The van der Waals surface area contributed by atoms with Crippen molar-refractivity contribution in [3.8, 4) is 11.8 Å². The minimum atomic E-state index is 0.0798. The van der Waals surface area contributed by atoms with Crippen LogP contribution in [0, 0.1) is 0 Å². The summed E-state index contributed by atoms with van der Waals surface area (Å²) < 4.78 is 12.1. The molecule has 20 heavy (non-hydrogen) atoms. The Kier molecular flexibility index (Phi) is 4.56. The predicted molar refractivity (Wildman–Crippen MR) is 71.8 cm³/mol. The quantitative estimate of drug-likeness (QED) is 0.819. The topological polar surface area (TPSA) is 114 Å². The van der Waals surface area contributed by atoms with Gasteiger partial charge in [-0.15, -0.1) is 5.10 Å². The lowest BCUT2D eigenvalue weighted by atomic mass is 10.5. The highest BCUT2D eigenvalue weighted by atomic mass is 32.2. The van der Waals surface area contributed by atoms with E-state index in [0.29, 0.717) is 21.8 Å². The Hall–Kier alpha value is -2.10. The summed E-state index contributed by atoms with van der Waals surface area (Å²) in [5.41, 5.74) is 5.59. The Morgan fingerprint density at radius 2 is 1.85 bits per heavy atom. The molecule has 2 aromatic rings. The van der Waals surface area contributed by atoms with Crippen molar-refractivity contribution in [1.82, 2.24) is 30.2 Å². The molecule has 0 unspecified atom stereocenters. The fourth-order valence-corrected chi connectivity index (χ4v) is 2.43. The molecular weight excluding hydrogens is 282 g/mol. The smallest absolute Gasteiger partial charge is 0.236 e. The monoisotopic (exact) mass is 297 g/mol. The normalized spacial score (nSPS) is 10.6.